The number of rotatable bonds is 7. The number of phenols is 1. The fourth-order valence-electron chi connectivity index (χ4n) is 7.03. The Morgan fingerprint density at radius 2 is 1.77 bits per heavy atom. The van der Waals surface area contributed by atoms with Crippen molar-refractivity contribution in [1.29, 1.82) is 0 Å². The molecular formula is C33H33N3O8. The summed E-state index contributed by atoms with van der Waals surface area (Å²) < 4.78 is 6.13. The largest absolute Gasteiger partial charge is 0.510 e. The van der Waals surface area contributed by atoms with Gasteiger partial charge in [-0.25, -0.2) is 0 Å². The highest BCUT2D eigenvalue weighted by Crippen LogP contribution is 2.53. The zero-order valence-corrected chi connectivity index (χ0v) is 24.2. The molecular weight excluding hydrogens is 566 g/mol. The number of carbonyl (C=O) groups is 3. The molecule has 0 spiro atoms. The molecule has 7 N–H and O–H groups in total. The molecule has 3 aromatic rings. The maximum atomic E-state index is 14.0. The fraction of sp³-hybridized carbons (Fsp3) is 0.303. The van der Waals surface area contributed by atoms with E-state index in [4.69, 9.17) is 10.2 Å². The fourth-order valence-corrected chi connectivity index (χ4v) is 7.03. The molecule has 0 saturated carbocycles. The number of primary amides is 1. The molecule has 1 unspecified atom stereocenters. The molecule has 44 heavy (non-hydrogen) atoms. The molecule has 4 atom stereocenters. The molecule has 6 rings (SSSR count). The van der Waals surface area contributed by atoms with Gasteiger partial charge in [-0.2, -0.15) is 0 Å². The quantitative estimate of drug-likeness (QED) is 0.221. The van der Waals surface area contributed by atoms with E-state index >= 15 is 0 Å². The molecule has 1 heterocycles. The minimum Gasteiger partial charge on any atom is -0.510 e. The molecule has 228 valence electrons. The van der Waals surface area contributed by atoms with Crippen LogP contribution in [0.3, 0.4) is 0 Å². The van der Waals surface area contributed by atoms with Crippen molar-refractivity contribution in [3.8, 4) is 17.1 Å². The number of amides is 1. The van der Waals surface area contributed by atoms with Crippen molar-refractivity contribution in [2.75, 3.05) is 14.1 Å². The Kier molecular flexibility index (Phi) is 7.19. The van der Waals surface area contributed by atoms with Gasteiger partial charge < -0.3 is 35.9 Å². The standard InChI is InChI=1S/C33H33N3O8/c1-36(2)27-21-13-17-12-20-19(23-11-8-18(44-23)15-35-14-16-6-4-3-5-7-16)9-10-22(37)25(20)28(38)24(17)30(40)33(21,43)31(41)26(29(27)39)32(34)42/h3-11,17,21,27,35,37,39-40,43H,12-15H2,1-2H3,(H2,34,42)/t17-,21-,27?,33-/m1/s1. The number of fused-ring (bicyclic) bond motifs is 3. The van der Waals surface area contributed by atoms with Crippen LogP contribution >= 0.6 is 0 Å². The van der Waals surface area contributed by atoms with E-state index in [1.807, 2.05) is 36.4 Å². The van der Waals surface area contributed by atoms with E-state index in [2.05, 4.69) is 5.32 Å². The number of nitrogens with two attached hydrogens (primary N) is 1. The Bertz CT molecular complexity index is 1760. The molecule has 1 aromatic heterocycles. The average molecular weight is 600 g/mol. The number of aliphatic hydroxyl groups is 3. The number of aliphatic hydroxyl groups excluding tert-OH is 2. The highest BCUT2D eigenvalue weighted by molar-refractivity contribution is 6.24. The van der Waals surface area contributed by atoms with Crippen molar-refractivity contribution >= 4 is 17.5 Å². The minimum absolute atomic E-state index is 0.00761. The first kappa shape index (κ1) is 29.4. The van der Waals surface area contributed by atoms with Crippen LogP contribution in [0.4, 0.5) is 0 Å². The zero-order valence-electron chi connectivity index (χ0n) is 24.2. The summed E-state index contributed by atoms with van der Waals surface area (Å²) in [6.07, 6.45) is 0.175. The Labute approximate surface area is 252 Å². The Balaban J connectivity index is 1.37. The van der Waals surface area contributed by atoms with Crippen molar-refractivity contribution in [3.63, 3.8) is 0 Å². The van der Waals surface area contributed by atoms with Crippen LogP contribution in [-0.2, 0) is 29.1 Å². The highest BCUT2D eigenvalue weighted by atomic mass is 16.4. The van der Waals surface area contributed by atoms with Crippen LogP contribution in [0.2, 0.25) is 0 Å². The predicted molar refractivity (Wildman–Crippen MR) is 158 cm³/mol. The van der Waals surface area contributed by atoms with E-state index in [9.17, 15) is 34.8 Å². The van der Waals surface area contributed by atoms with Crippen LogP contribution < -0.4 is 11.1 Å². The normalized spacial score (nSPS) is 24.8. The zero-order chi connectivity index (χ0) is 31.5. The topological polar surface area (TPSA) is 187 Å². The van der Waals surface area contributed by atoms with Gasteiger partial charge in [0.1, 0.15) is 34.4 Å². The molecule has 11 nitrogen and oxygen atoms in total. The van der Waals surface area contributed by atoms with E-state index in [1.165, 1.54) is 11.0 Å². The lowest BCUT2D eigenvalue weighted by Gasteiger charge is -2.50. The monoisotopic (exact) mass is 599 g/mol. The number of aromatic hydroxyl groups is 1. The Morgan fingerprint density at radius 1 is 1.05 bits per heavy atom. The first-order chi connectivity index (χ1) is 20.9. The van der Waals surface area contributed by atoms with Crippen LogP contribution in [0.1, 0.15) is 33.7 Å². The van der Waals surface area contributed by atoms with E-state index in [1.54, 1.807) is 26.2 Å². The van der Waals surface area contributed by atoms with Gasteiger partial charge in [0.05, 0.1) is 18.2 Å². The number of Topliss-reactive ketones (excluding diaryl/α,β-unsaturated/α-hetero) is 2. The molecule has 1 amide bonds. The number of hydrogen-bond acceptors (Lipinski definition) is 10. The lowest BCUT2D eigenvalue weighted by molar-refractivity contribution is -0.148. The van der Waals surface area contributed by atoms with Gasteiger partial charge in [-0.05, 0) is 68.2 Å². The maximum absolute atomic E-state index is 14.0. The number of likely N-dealkylation sites (N-methyl/N-ethyl adjacent to an activating group) is 1. The first-order valence-electron chi connectivity index (χ1n) is 14.3. The van der Waals surface area contributed by atoms with Gasteiger partial charge in [0.2, 0.25) is 5.78 Å². The van der Waals surface area contributed by atoms with Crippen molar-refractivity contribution < 1.29 is 39.2 Å². The van der Waals surface area contributed by atoms with E-state index < -0.39 is 58.0 Å². The third-order valence-corrected chi connectivity index (χ3v) is 9.00. The second-order valence-corrected chi connectivity index (χ2v) is 11.8. The summed E-state index contributed by atoms with van der Waals surface area (Å²) in [4.78, 5) is 41.1. The smallest absolute Gasteiger partial charge is 0.255 e. The molecule has 3 aliphatic rings. The van der Waals surface area contributed by atoms with E-state index in [-0.39, 0.29) is 29.7 Å². The molecule has 0 bridgehead atoms. The highest BCUT2D eigenvalue weighted by Gasteiger charge is 2.63. The second kappa shape index (κ2) is 10.8. The minimum atomic E-state index is -2.68. The number of phenolic OH excluding ortho intramolecular Hbond substituents is 1. The van der Waals surface area contributed by atoms with Gasteiger partial charge in [0, 0.05) is 23.6 Å². The van der Waals surface area contributed by atoms with E-state index in [0.29, 0.717) is 35.7 Å². The number of furan rings is 1. The van der Waals surface area contributed by atoms with Gasteiger partial charge in [-0.1, -0.05) is 30.3 Å². The Morgan fingerprint density at radius 3 is 2.45 bits per heavy atom. The molecule has 0 aliphatic heterocycles. The molecule has 0 fully saturated rings. The number of carbonyl (C=O) groups excluding carboxylic acids is 3. The summed E-state index contributed by atoms with van der Waals surface area (Å²) in [5.41, 5.74) is 3.81. The lowest BCUT2D eigenvalue weighted by atomic mass is 9.58. The van der Waals surface area contributed by atoms with Crippen molar-refractivity contribution in [3.05, 3.63) is 99.7 Å². The van der Waals surface area contributed by atoms with Gasteiger partial charge in [-0.15, -0.1) is 0 Å². The SMILES string of the molecule is CN(C)C1C(O)=C(C(N)=O)C(=O)[C@]2(O)C(O)=C3C(=O)c4c(O)ccc(-c5ccc(CNCc6ccccc6)o5)c4C[C@@H]3C[C@H]12. The number of nitrogens with one attached hydrogen (secondary N) is 1. The Hall–Kier alpha value is -4.71. The number of ketones is 2. The van der Waals surface area contributed by atoms with Gasteiger partial charge >= 0.3 is 0 Å². The van der Waals surface area contributed by atoms with Crippen molar-refractivity contribution in [2.45, 2.75) is 37.6 Å². The van der Waals surface area contributed by atoms with Crippen LogP contribution in [0, 0.1) is 11.8 Å². The molecule has 0 radical (unpaired) electrons. The van der Waals surface area contributed by atoms with Crippen LogP contribution in [-0.4, -0.2) is 68.5 Å². The summed E-state index contributed by atoms with van der Waals surface area (Å²) >= 11 is 0. The summed E-state index contributed by atoms with van der Waals surface area (Å²) in [7, 11) is 3.18. The summed E-state index contributed by atoms with van der Waals surface area (Å²) in [5, 5.41) is 48.3. The third kappa shape index (κ3) is 4.43. The number of hydrogen-bond donors (Lipinski definition) is 6. The van der Waals surface area contributed by atoms with E-state index in [0.717, 1.165) is 5.56 Å². The van der Waals surface area contributed by atoms with Crippen LogP contribution in [0.25, 0.3) is 11.3 Å². The first-order valence-corrected chi connectivity index (χ1v) is 14.3. The molecule has 2 aromatic carbocycles. The summed E-state index contributed by atoms with van der Waals surface area (Å²) in [5.74, 6) is -5.72. The summed E-state index contributed by atoms with van der Waals surface area (Å²) in [6.45, 7) is 1.11. The third-order valence-electron chi connectivity index (χ3n) is 9.00. The number of benzene rings is 2. The number of nitrogens with zero attached hydrogens (tertiary/aromatic N) is 1. The maximum Gasteiger partial charge on any atom is 0.255 e. The van der Waals surface area contributed by atoms with Crippen molar-refractivity contribution in [1.82, 2.24) is 10.2 Å². The molecule has 0 saturated heterocycles. The van der Waals surface area contributed by atoms with Crippen LogP contribution in [0.5, 0.6) is 5.75 Å². The second-order valence-electron chi connectivity index (χ2n) is 11.8. The average Bonchev–Trinajstić information content (AvgIpc) is 3.44. The number of allylic oxidation sites excluding steroid dienone is 1. The van der Waals surface area contributed by atoms with Gasteiger partial charge in [-0.3, -0.25) is 19.3 Å². The molecule has 11 heteroatoms. The van der Waals surface area contributed by atoms with Crippen LogP contribution in [0.15, 0.2) is 81.7 Å². The van der Waals surface area contributed by atoms with Gasteiger partial charge in [0.25, 0.3) is 5.91 Å². The lowest BCUT2D eigenvalue weighted by Crippen LogP contribution is -2.63. The summed E-state index contributed by atoms with van der Waals surface area (Å²) in [6, 6.07) is 15.5. The van der Waals surface area contributed by atoms with Gasteiger partial charge in [0.15, 0.2) is 11.4 Å². The predicted octanol–water partition coefficient (Wildman–Crippen LogP) is 2.67. The molecule has 3 aliphatic carbocycles. The van der Waals surface area contributed by atoms with Crippen molar-refractivity contribution in [2.24, 2.45) is 17.6 Å².